The second kappa shape index (κ2) is 11.6. The van der Waals surface area contributed by atoms with Crippen molar-refractivity contribution in [3.8, 4) is 11.4 Å². The van der Waals surface area contributed by atoms with Gasteiger partial charge in [-0.05, 0) is 49.2 Å². The number of hydroxylamine groups is 1. The molecule has 35 heavy (non-hydrogen) atoms. The molecule has 12 heteroatoms. The molecule has 0 aliphatic carbocycles. The van der Waals surface area contributed by atoms with Crippen LogP contribution in [0.2, 0.25) is 0 Å². The molecule has 1 unspecified atom stereocenters. The quantitative estimate of drug-likeness (QED) is 0.174. The predicted octanol–water partition coefficient (Wildman–Crippen LogP) is 1.12. The van der Waals surface area contributed by atoms with E-state index in [0.717, 1.165) is 4.57 Å². The summed E-state index contributed by atoms with van der Waals surface area (Å²) < 4.78 is 30.2. The van der Waals surface area contributed by atoms with E-state index in [1.807, 2.05) is 0 Å². The molecule has 11 nitrogen and oxygen atoms in total. The number of amides is 1. The molecule has 0 spiro atoms. The number of nitrogens with zero attached hydrogens (tertiary/aromatic N) is 2. The molecule has 4 N–H and O–H groups in total. The minimum Gasteiger partial charge on any atom is -0.508 e. The lowest BCUT2D eigenvalue weighted by atomic mass is 10.1. The third-order valence-corrected chi connectivity index (χ3v) is 6.83. The van der Waals surface area contributed by atoms with Crippen LogP contribution >= 0.6 is 0 Å². The lowest BCUT2D eigenvalue weighted by molar-refractivity contribution is -0.129. The standard InChI is InChI=1S/C23H26N4O7S/c28-19-9-11-20(12-10-19)35(33,34)25-17(16-21(29)24-32)6-4-5-14-26-15-13-22(30)27(23(26)31)18-7-2-1-3-8-18/h1-3,7-13,15,17,25,28,32H,4-6,14,16H2,(H,24,29). The summed E-state index contributed by atoms with van der Waals surface area (Å²) in [6, 6.07) is 13.9. The van der Waals surface area contributed by atoms with E-state index in [2.05, 4.69) is 4.72 Å². The van der Waals surface area contributed by atoms with Gasteiger partial charge in [-0.15, -0.1) is 0 Å². The average molecular weight is 503 g/mol. The van der Waals surface area contributed by atoms with E-state index in [9.17, 15) is 27.9 Å². The Hall–Kier alpha value is -3.74. The fraction of sp³-hybridized carbons (Fsp3) is 0.261. The molecule has 0 saturated heterocycles. The van der Waals surface area contributed by atoms with Gasteiger partial charge in [-0.25, -0.2) is 28.0 Å². The molecular weight excluding hydrogens is 476 g/mol. The van der Waals surface area contributed by atoms with Gasteiger partial charge in [0.05, 0.1) is 10.6 Å². The van der Waals surface area contributed by atoms with E-state index < -0.39 is 33.2 Å². The van der Waals surface area contributed by atoms with Gasteiger partial charge in [0.25, 0.3) is 5.56 Å². The molecule has 3 aromatic rings. The van der Waals surface area contributed by atoms with Crippen LogP contribution in [0.3, 0.4) is 0 Å². The number of unbranched alkanes of at least 4 members (excludes halogenated alkanes) is 1. The Morgan fingerprint density at radius 2 is 1.66 bits per heavy atom. The van der Waals surface area contributed by atoms with E-state index in [1.54, 1.807) is 30.3 Å². The number of aromatic nitrogens is 2. The van der Waals surface area contributed by atoms with E-state index in [-0.39, 0.29) is 30.0 Å². The molecule has 2 aromatic carbocycles. The maximum absolute atomic E-state index is 12.8. The number of carbonyl (C=O) groups excluding carboxylic acids is 1. The van der Waals surface area contributed by atoms with Crippen molar-refractivity contribution >= 4 is 15.9 Å². The van der Waals surface area contributed by atoms with Crippen molar-refractivity contribution in [2.24, 2.45) is 0 Å². The molecule has 1 heterocycles. The topological polar surface area (TPSA) is 160 Å². The smallest absolute Gasteiger partial charge is 0.335 e. The molecule has 0 fully saturated rings. The van der Waals surface area contributed by atoms with Crippen LogP contribution < -0.4 is 21.5 Å². The normalized spacial score (nSPS) is 12.3. The molecule has 3 rings (SSSR count). The van der Waals surface area contributed by atoms with Crippen LogP contribution in [0.1, 0.15) is 25.7 Å². The monoisotopic (exact) mass is 502 g/mol. The highest BCUT2D eigenvalue weighted by Crippen LogP contribution is 2.16. The predicted molar refractivity (Wildman–Crippen MR) is 127 cm³/mol. The van der Waals surface area contributed by atoms with Crippen LogP contribution in [-0.2, 0) is 21.4 Å². The van der Waals surface area contributed by atoms with Crippen molar-refractivity contribution in [1.82, 2.24) is 19.3 Å². The number of benzene rings is 2. The zero-order valence-electron chi connectivity index (χ0n) is 18.7. The number of aromatic hydroxyl groups is 1. The Kier molecular flexibility index (Phi) is 8.58. The molecule has 0 bridgehead atoms. The van der Waals surface area contributed by atoms with Gasteiger partial charge in [0.1, 0.15) is 5.75 Å². The summed E-state index contributed by atoms with van der Waals surface area (Å²) in [5.41, 5.74) is 1.01. The van der Waals surface area contributed by atoms with E-state index in [0.29, 0.717) is 18.5 Å². The summed E-state index contributed by atoms with van der Waals surface area (Å²) in [6.07, 6.45) is 2.27. The first-order chi connectivity index (χ1) is 16.7. The highest BCUT2D eigenvalue weighted by atomic mass is 32.2. The Bertz CT molecular complexity index is 1370. The third-order valence-electron chi connectivity index (χ3n) is 5.30. The van der Waals surface area contributed by atoms with Crippen molar-refractivity contribution in [3.05, 3.63) is 87.7 Å². The third kappa shape index (κ3) is 6.88. The minimum atomic E-state index is -3.98. The van der Waals surface area contributed by atoms with Gasteiger partial charge < -0.3 is 9.67 Å². The van der Waals surface area contributed by atoms with Gasteiger partial charge in [-0.3, -0.25) is 14.8 Å². The number of aryl methyl sites for hydroxylation is 1. The SMILES string of the molecule is O=C(CC(CCCCn1ccc(=O)n(-c2ccccc2)c1=O)NS(=O)(=O)c1ccc(O)cc1)NO. The van der Waals surface area contributed by atoms with E-state index in [1.165, 1.54) is 46.6 Å². The van der Waals surface area contributed by atoms with Crippen LogP contribution in [0.5, 0.6) is 5.75 Å². The average Bonchev–Trinajstić information content (AvgIpc) is 2.83. The van der Waals surface area contributed by atoms with Crippen LogP contribution in [0.25, 0.3) is 5.69 Å². The summed E-state index contributed by atoms with van der Waals surface area (Å²) in [5.74, 6) is -0.844. The fourth-order valence-corrected chi connectivity index (χ4v) is 4.83. The lowest BCUT2D eigenvalue weighted by Crippen LogP contribution is -2.39. The first kappa shape index (κ1) is 25.9. The van der Waals surface area contributed by atoms with E-state index in [4.69, 9.17) is 5.21 Å². The zero-order chi connectivity index (χ0) is 25.4. The van der Waals surface area contributed by atoms with Crippen molar-refractivity contribution in [2.45, 2.75) is 43.2 Å². The summed E-state index contributed by atoms with van der Waals surface area (Å²) >= 11 is 0. The summed E-state index contributed by atoms with van der Waals surface area (Å²) in [5, 5.41) is 18.2. The Balaban J connectivity index is 1.67. The Morgan fingerprint density at radius 1 is 0.971 bits per heavy atom. The fourth-order valence-electron chi connectivity index (χ4n) is 3.56. The molecule has 0 aliphatic rings. The summed E-state index contributed by atoms with van der Waals surface area (Å²) in [6.45, 7) is 0.273. The molecular formula is C23H26N4O7S. The van der Waals surface area contributed by atoms with Crippen molar-refractivity contribution in [2.75, 3.05) is 0 Å². The van der Waals surface area contributed by atoms with Crippen LogP contribution in [0, 0.1) is 0 Å². The number of hydrogen-bond donors (Lipinski definition) is 4. The molecule has 0 aliphatic heterocycles. The lowest BCUT2D eigenvalue weighted by Gasteiger charge is -2.18. The highest BCUT2D eigenvalue weighted by molar-refractivity contribution is 7.89. The van der Waals surface area contributed by atoms with Gasteiger partial charge in [0.2, 0.25) is 15.9 Å². The second-order valence-corrected chi connectivity index (χ2v) is 9.56. The molecule has 1 atom stereocenters. The van der Waals surface area contributed by atoms with E-state index >= 15 is 0 Å². The summed E-state index contributed by atoms with van der Waals surface area (Å²) in [7, 11) is -3.98. The molecule has 1 aromatic heterocycles. The van der Waals surface area contributed by atoms with Crippen LogP contribution in [0.4, 0.5) is 0 Å². The van der Waals surface area contributed by atoms with Gasteiger partial charge in [0, 0.05) is 31.3 Å². The first-order valence-corrected chi connectivity index (χ1v) is 12.3. The number of para-hydroxylation sites is 1. The Morgan fingerprint density at radius 3 is 2.31 bits per heavy atom. The molecule has 0 saturated carbocycles. The Labute approximate surface area is 201 Å². The number of carbonyl (C=O) groups is 1. The van der Waals surface area contributed by atoms with Gasteiger partial charge in [0.15, 0.2) is 0 Å². The largest absolute Gasteiger partial charge is 0.508 e. The number of rotatable bonds is 11. The molecule has 1 amide bonds. The van der Waals surface area contributed by atoms with Crippen molar-refractivity contribution in [1.29, 1.82) is 0 Å². The van der Waals surface area contributed by atoms with Gasteiger partial charge in [-0.2, -0.15) is 0 Å². The zero-order valence-corrected chi connectivity index (χ0v) is 19.5. The number of sulfonamides is 1. The molecule has 186 valence electrons. The van der Waals surface area contributed by atoms with Crippen molar-refractivity contribution in [3.63, 3.8) is 0 Å². The highest BCUT2D eigenvalue weighted by Gasteiger charge is 2.22. The first-order valence-electron chi connectivity index (χ1n) is 10.8. The van der Waals surface area contributed by atoms with Crippen molar-refractivity contribution < 1.29 is 23.5 Å². The maximum Gasteiger partial charge on any atom is 0.335 e. The number of hydrogen-bond acceptors (Lipinski definition) is 7. The van der Waals surface area contributed by atoms with Crippen LogP contribution in [0.15, 0.2) is 81.3 Å². The summed E-state index contributed by atoms with van der Waals surface area (Å²) in [4.78, 5) is 36.6. The maximum atomic E-state index is 12.8. The molecule has 0 radical (unpaired) electrons. The number of phenolic OH excluding ortho intramolecular Hbond substituents is 1. The van der Waals surface area contributed by atoms with Crippen LogP contribution in [-0.4, -0.2) is 39.8 Å². The van der Waals surface area contributed by atoms with Gasteiger partial charge >= 0.3 is 5.69 Å². The second-order valence-electron chi connectivity index (χ2n) is 7.85. The minimum absolute atomic E-state index is 0.0839. The van der Waals surface area contributed by atoms with Gasteiger partial charge in [-0.1, -0.05) is 24.6 Å². The number of nitrogens with one attached hydrogen (secondary N) is 2. The number of phenols is 1.